The number of hydrogen-bond acceptors (Lipinski definition) is 8. The Bertz CT molecular complexity index is 456. The second-order valence-electron chi connectivity index (χ2n) is 3.95. The maximum absolute atomic E-state index is 8.49. The van der Waals surface area contributed by atoms with Crippen LogP contribution in [-0.2, 0) is 20.4 Å². The van der Waals surface area contributed by atoms with Gasteiger partial charge in [-0.25, -0.2) is 18.6 Å². The van der Waals surface area contributed by atoms with Crippen molar-refractivity contribution in [3.63, 3.8) is 0 Å². The minimum atomic E-state index is -4.94. The van der Waals surface area contributed by atoms with Crippen molar-refractivity contribution in [3.05, 3.63) is 48.8 Å². The van der Waals surface area contributed by atoms with Gasteiger partial charge >= 0.3 is 20.4 Å². The van der Waals surface area contributed by atoms with E-state index in [0.717, 1.165) is 31.0 Å². The Kier molecular flexibility index (Phi) is 16.3. The van der Waals surface area contributed by atoms with E-state index in [4.69, 9.17) is 24.4 Å². The minimum absolute atomic E-state index is 0. The number of aromatic nitrogens is 2. The van der Waals surface area contributed by atoms with Crippen LogP contribution in [0.1, 0.15) is 6.92 Å². The summed E-state index contributed by atoms with van der Waals surface area (Å²) in [7, 11) is -4.94. The molecule has 3 N–H and O–H groups in total. The summed E-state index contributed by atoms with van der Waals surface area (Å²) in [5, 5.41) is 3.07. The topological polar surface area (TPSA) is 156 Å². The van der Waals surface area contributed by atoms with Crippen molar-refractivity contribution < 1.29 is 49.3 Å². The van der Waals surface area contributed by atoms with E-state index in [9.17, 15) is 0 Å². The first-order chi connectivity index (χ1) is 10.9. The first kappa shape index (κ1) is 25.3. The molecule has 2 heterocycles. The fourth-order valence-electron chi connectivity index (χ4n) is 1.31. The van der Waals surface area contributed by atoms with E-state index in [1.807, 2.05) is 36.4 Å². The third-order valence-electron chi connectivity index (χ3n) is 2.16. The summed E-state index contributed by atoms with van der Waals surface area (Å²) in [6.07, 6.45) is 3.54. The zero-order valence-corrected chi connectivity index (χ0v) is 15.3. The van der Waals surface area contributed by atoms with Gasteiger partial charge in [0.15, 0.2) is 0 Å². The van der Waals surface area contributed by atoms with Crippen LogP contribution in [0, 0.1) is 10.2 Å². The third kappa shape index (κ3) is 17.4. The molecular formula is C14H20ClN4O4Pd+. The van der Waals surface area contributed by atoms with Crippen LogP contribution in [0.5, 0.6) is 0 Å². The Balaban J connectivity index is 0. The Morgan fingerprint density at radius 2 is 1.38 bits per heavy atom. The largest absolute Gasteiger partial charge is 2.00 e. The van der Waals surface area contributed by atoms with Crippen LogP contribution in [0.2, 0.25) is 0 Å². The maximum Gasteiger partial charge on any atom is 2.00 e. The van der Waals surface area contributed by atoms with Gasteiger partial charge in [-0.1, -0.05) is 19.1 Å². The molecule has 0 spiro atoms. The first-order valence-corrected chi connectivity index (χ1v) is 7.97. The predicted octanol–water partition coefficient (Wildman–Crippen LogP) is -3.06. The average molecular weight is 450 g/mol. The fourth-order valence-corrected chi connectivity index (χ4v) is 1.31. The number of nitrogens with one attached hydrogen (secondary N) is 1. The van der Waals surface area contributed by atoms with Crippen molar-refractivity contribution in [2.45, 2.75) is 6.92 Å². The van der Waals surface area contributed by atoms with Crippen molar-refractivity contribution in [1.82, 2.24) is 15.3 Å². The molecule has 0 saturated carbocycles. The molecule has 2 rings (SSSR count). The van der Waals surface area contributed by atoms with Crippen molar-refractivity contribution in [2.24, 2.45) is 5.73 Å². The van der Waals surface area contributed by atoms with Gasteiger partial charge in [-0.05, 0) is 30.8 Å². The van der Waals surface area contributed by atoms with Gasteiger partial charge in [-0.3, -0.25) is 9.97 Å². The molecule has 0 aliphatic heterocycles. The van der Waals surface area contributed by atoms with Gasteiger partial charge in [-0.2, -0.15) is 0 Å². The van der Waals surface area contributed by atoms with E-state index in [-0.39, 0.29) is 20.4 Å². The van der Waals surface area contributed by atoms with Crippen LogP contribution in [0.25, 0.3) is 11.4 Å². The van der Waals surface area contributed by atoms with Gasteiger partial charge in [-0.15, -0.1) is 10.2 Å². The number of nitrogens with two attached hydrogens (primary N) is 1. The molecule has 8 nitrogen and oxygen atoms in total. The van der Waals surface area contributed by atoms with Crippen LogP contribution in [0.3, 0.4) is 0 Å². The molecule has 2 aromatic rings. The van der Waals surface area contributed by atoms with Gasteiger partial charge in [0.1, 0.15) is 0 Å². The smallest absolute Gasteiger partial charge is 0.329 e. The summed E-state index contributed by atoms with van der Waals surface area (Å²) < 4.78 is 34.0. The molecular weight excluding hydrogens is 430 g/mol. The summed E-state index contributed by atoms with van der Waals surface area (Å²) in [5.74, 6) is 0. The summed E-state index contributed by atoms with van der Waals surface area (Å²) >= 11 is 0. The Morgan fingerprint density at radius 1 is 0.958 bits per heavy atom. The summed E-state index contributed by atoms with van der Waals surface area (Å²) in [5.41, 5.74) is 6.98. The molecule has 10 heteroatoms. The van der Waals surface area contributed by atoms with E-state index in [2.05, 4.69) is 22.2 Å². The predicted molar refractivity (Wildman–Crippen MR) is 75.1 cm³/mol. The van der Waals surface area contributed by atoms with E-state index >= 15 is 0 Å². The molecule has 136 valence electrons. The van der Waals surface area contributed by atoms with Crippen molar-refractivity contribution >= 4 is 0 Å². The van der Waals surface area contributed by atoms with Crippen LogP contribution < -0.4 is 29.7 Å². The first-order valence-electron chi connectivity index (χ1n) is 6.73. The van der Waals surface area contributed by atoms with Crippen molar-refractivity contribution in [2.75, 3.05) is 19.6 Å². The Hall–Kier alpha value is -0.988. The molecule has 0 saturated heterocycles. The molecule has 0 aliphatic carbocycles. The normalized spacial score (nSPS) is 9.58. The Morgan fingerprint density at radius 3 is 1.58 bits per heavy atom. The van der Waals surface area contributed by atoms with Crippen LogP contribution >= 0.6 is 0 Å². The van der Waals surface area contributed by atoms with E-state index in [0.29, 0.717) is 0 Å². The second kappa shape index (κ2) is 15.5. The van der Waals surface area contributed by atoms with E-state index in [1.165, 1.54) is 0 Å². The minimum Gasteiger partial charge on any atom is -0.329 e. The van der Waals surface area contributed by atoms with Gasteiger partial charge in [0.25, 0.3) is 0 Å². The zero-order chi connectivity index (χ0) is 17.6. The van der Waals surface area contributed by atoms with Crippen molar-refractivity contribution in [1.29, 1.82) is 0 Å². The van der Waals surface area contributed by atoms with Crippen molar-refractivity contribution in [3.8, 4) is 11.4 Å². The molecule has 0 unspecified atom stereocenters. The van der Waals surface area contributed by atoms with Crippen LogP contribution in [0.4, 0.5) is 0 Å². The second-order valence-corrected chi connectivity index (χ2v) is 4.71. The van der Waals surface area contributed by atoms with Crippen LogP contribution in [0.15, 0.2) is 48.8 Å². The number of pyridine rings is 2. The summed E-state index contributed by atoms with van der Waals surface area (Å²) in [6.45, 7) is 4.77. The number of hydrogen-bond donors (Lipinski definition) is 2. The van der Waals surface area contributed by atoms with E-state index < -0.39 is 10.2 Å². The SMILES string of the molecule is CCNCCN.[O-][Cl+3]([O-])([O-])[O-].[Pd+2].c1ccc(-c2ccccn2)nc1. The third-order valence-corrected chi connectivity index (χ3v) is 2.16. The van der Waals surface area contributed by atoms with Gasteiger partial charge < -0.3 is 11.1 Å². The number of rotatable bonds is 4. The monoisotopic (exact) mass is 449 g/mol. The molecule has 0 atom stereocenters. The maximum atomic E-state index is 8.49. The zero-order valence-electron chi connectivity index (χ0n) is 13.0. The Labute approximate surface area is 157 Å². The summed E-state index contributed by atoms with van der Waals surface area (Å²) in [4.78, 5) is 8.37. The van der Waals surface area contributed by atoms with E-state index in [1.54, 1.807) is 12.4 Å². The summed E-state index contributed by atoms with van der Waals surface area (Å²) in [6, 6.07) is 11.6. The number of likely N-dealkylation sites (N-methyl/N-ethyl adjacent to an activating group) is 1. The average Bonchev–Trinajstić information content (AvgIpc) is 2.54. The fraction of sp³-hybridized carbons (Fsp3) is 0.286. The molecule has 2 aromatic heterocycles. The molecule has 0 bridgehead atoms. The number of nitrogens with zero attached hydrogens (tertiary/aromatic N) is 2. The molecule has 0 aliphatic rings. The molecule has 0 fully saturated rings. The molecule has 0 aromatic carbocycles. The van der Waals surface area contributed by atoms with Crippen LogP contribution in [-0.4, -0.2) is 29.6 Å². The molecule has 0 amide bonds. The molecule has 24 heavy (non-hydrogen) atoms. The standard InChI is InChI=1S/C10H8N2.C4H12N2.ClHO4.Pd/c1-3-7-11-9(5-1)10-6-2-4-8-12-10;1-2-6-4-3-5;2-1(3,4)5;/h1-8H;6H,2-5H2,1H3;(H,2,3,4,5);/q;;;+2/p-1. The van der Waals surface area contributed by atoms with Gasteiger partial charge in [0.2, 0.25) is 0 Å². The van der Waals surface area contributed by atoms with Gasteiger partial charge in [0.05, 0.1) is 11.4 Å². The number of halogens is 1. The quantitative estimate of drug-likeness (QED) is 0.368. The van der Waals surface area contributed by atoms with Gasteiger partial charge in [0, 0.05) is 25.5 Å². The molecule has 0 radical (unpaired) electrons.